The molecule has 2 heteroatoms. The lowest BCUT2D eigenvalue weighted by Crippen LogP contribution is -2.10. The van der Waals surface area contributed by atoms with Gasteiger partial charge in [0.1, 0.15) is 0 Å². The molecule has 0 amide bonds. The van der Waals surface area contributed by atoms with Crippen molar-refractivity contribution in [2.45, 2.75) is 37.4 Å². The average Bonchev–Trinajstić information content (AvgIpc) is 2.40. The zero-order valence-electron chi connectivity index (χ0n) is 12.2. The molecule has 0 aliphatic heterocycles. The number of benzene rings is 2. The van der Waals surface area contributed by atoms with E-state index in [0.717, 1.165) is 10.9 Å². The van der Waals surface area contributed by atoms with Gasteiger partial charge in [-0.2, -0.15) is 0 Å². The smallest absolute Gasteiger partial charge is 0.0435 e. The van der Waals surface area contributed by atoms with Gasteiger partial charge < -0.3 is 0 Å². The third-order valence-corrected chi connectivity index (χ3v) is 4.85. The number of hydrogen-bond acceptors (Lipinski definition) is 0. The Morgan fingerprint density at radius 2 is 1.45 bits per heavy atom. The molecule has 2 rings (SSSR count). The highest BCUT2D eigenvalue weighted by Crippen LogP contribution is 2.30. The van der Waals surface area contributed by atoms with Gasteiger partial charge in [-0.1, -0.05) is 89.0 Å². The summed E-state index contributed by atoms with van der Waals surface area (Å²) < 4.78 is 1.13. The van der Waals surface area contributed by atoms with Crippen molar-refractivity contribution < 1.29 is 0 Å². The van der Waals surface area contributed by atoms with Crippen molar-refractivity contribution in [1.82, 2.24) is 0 Å². The summed E-state index contributed by atoms with van der Waals surface area (Å²) in [5, 5.41) is 0. The van der Waals surface area contributed by atoms with Gasteiger partial charge in [-0.25, -0.2) is 0 Å². The van der Waals surface area contributed by atoms with E-state index in [1.165, 1.54) is 16.7 Å². The van der Waals surface area contributed by atoms with Gasteiger partial charge in [0, 0.05) is 9.30 Å². The molecule has 2 aromatic rings. The lowest BCUT2D eigenvalue weighted by atomic mass is 9.86. The van der Waals surface area contributed by atoms with Gasteiger partial charge in [0.25, 0.3) is 0 Å². The van der Waals surface area contributed by atoms with Crippen molar-refractivity contribution in [3.63, 3.8) is 0 Å². The van der Waals surface area contributed by atoms with Crippen molar-refractivity contribution >= 4 is 31.9 Å². The van der Waals surface area contributed by atoms with E-state index in [4.69, 9.17) is 0 Å². The lowest BCUT2D eigenvalue weighted by Gasteiger charge is -2.20. The molecule has 0 aliphatic rings. The molecule has 0 bridgehead atoms. The van der Waals surface area contributed by atoms with Crippen LogP contribution in [0.15, 0.2) is 53.0 Å². The summed E-state index contributed by atoms with van der Waals surface area (Å²) in [5.41, 5.74) is 4.27. The average molecular weight is 396 g/mol. The maximum atomic E-state index is 3.80. The van der Waals surface area contributed by atoms with E-state index in [-0.39, 0.29) is 5.41 Å². The molecular formula is C18H20Br2. The fraction of sp³-hybridized carbons (Fsp3) is 0.333. The van der Waals surface area contributed by atoms with E-state index in [9.17, 15) is 0 Å². The first kappa shape index (κ1) is 15.8. The number of hydrogen-bond donors (Lipinski definition) is 0. The molecule has 0 heterocycles. The molecule has 106 valence electrons. The zero-order valence-corrected chi connectivity index (χ0v) is 15.3. The first-order valence-corrected chi connectivity index (χ1v) is 8.56. The fourth-order valence-electron chi connectivity index (χ4n) is 2.14. The Morgan fingerprint density at radius 3 is 1.95 bits per heavy atom. The SMILES string of the molecule is CC(C)(C)c1ccc(C(Br)Cc2ccc(Br)cc2)cc1. The number of halogens is 2. The quantitative estimate of drug-likeness (QED) is 0.525. The first-order valence-electron chi connectivity index (χ1n) is 6.85. The molecule has 0 saturated carbocycles. The molecule has 0 aliphatic carbocycles. The summed E-state index contributed by atoms with van der Waals surface area (Å²) >= 11 is 7.28. The van der Waals surface area contributed by atoms with E-state index in [1.807, 2.05) is 0 Å². The van der Waals surface area contributed by atoms with Crippen LogP contribution in [-0.4, -0.2) is 0 Å². The Morgan fingerprint density at radius 1 is 0.900 bits per heavy atom. The summed E-state index contributed by atoms with van der Waals surface area (Å²) in [5.74, 6) is 0. The first-order chi connectivity index (χ1) is 9.36. The maximum absolute atomic E-state index is 3.80. The topological polar surface area (TPSA) is 0 Å². The van der Waals surface area contributed by atoms with Crippen molar-refractivity contribution in [3.8, 4) is 0 Å². The largest absolute Gasteiger partial charge is 0.0835 e. The molecule has 0 radical (unpaired) electrons. The van der Waals surface area contributed by atoms with Crippen molar-refractivity contribution in [1.29, 1.82) is 0 Å². The lowest BCUT2D eigenvalue weighted by molar-refractivity contribution is 0.590. The highest BCUT2D eigenvalue weighted by Gasteiger charge is 2.14. The minimum absolute atomic E-state index is 0.214. The highest BCUT2D eigenvalue weighted by atomic mass is 79.9. The van der Waals surface area contributed by atoms with Crippen LogP contribution in [0, 0.1) is 0 Å². The molecule has 0 N–H and O–H groups in total. The van der Waals surface area contributed by atoms with Crippen molar-refractivity contribution in [2.24, 2.45) is 0 Å². The van der Waals surface area contributed by atoms with Gasteiger partial charge in [-0.3, -0.25) is 0 Å². The normalized spacial score (nSPS) is 13.2. The monoisotopic (exact) mass is 394 g/mol. The van der Waals surface area contributed by atoms with Gasteiger partial charge in [0.2, 0.25) is 0 Å². The molecule has 0 aromatic heterocycles. The Kier molecular flexibility index (Phi) is 5.09. The molecule has 0 spiro atoms. The van der Waals surface area contributed by atoms with Crippen molar-refractivity contribution in [3.05, 3.63) is 69.7 Å². The van der Waals surface area contributed by atoms with Gasteiger partial charge in [0.05, 0.1) is 0 Å². The second-order valence-electron chi connectivity index (χ2n) is 6.17. The molecule has 1 unspecified atom stereocenters. The van der Waals surface area contributed by atoms with Crippen molar-refractivity contribution in [2.75, 3.05) is 0 Å². The summed E-state index contributed by atoms with van der Waals surface area (Å²) in [6, 6.07) is 17.5. The van der Waals surface area contributed by atoms with Crippen LogP contribution < -0.4 is 0 Å². The van der Waals surface area contributed by atoms with Crippen LogP contribution in [0.25, 0.3) is 0 Å². The summed E-state index contributed by atoms with van der Waals surface area (Å²) in [7, 11) is 0. The van der Waals surface area contributed by atoms with Crippen LogP contribution in [0.3, 0.4) is 0 Å². The third kappa shape index (κ3) is 4.20. The Balaban J connectivity index is 2.09. The summed E-state index contributed by atoms with van der Waals surface area (Å²) in [6.07, 6.45) is 1.00. The maximum Gasteiger partial charge on any atom is 0.0435 e. The predicted octanol–water partition coefficient (Wildman–Crippen LogP) is 6.43. The van der Waals surface area contributed by atoms with E-state index in [2.05, 4.69) is 101 Å². The Labute approximate surface area is 138 Å². The Bertz CT molecular complexity index is 547. The van der Waals surface area contributed by atoms with Crippen LogP contribution in [-0.2, 0) is 11.8 Å². The summed E-state index contributed by atoms with van der Waals surface area (Å²) in [6.45, 7) is 6.74. The molecule has 20 heavy (non-hydrogen) atoms. The molecular weight excluding hydrogens is 376 g/mol. The van der Waals surface area contributed by atoms with Crippen LogP contribution in [0.4, 0.5) is 0 Å². The van der Waals surface area contributed by atoms with E-state index >= 15 is 0 Å². The molecule has 0 saturated heterocycles. The second kappa shape index (κ2) is 6.44. The van der Waals surface area contributed by atoms with E-state index in [1.54, 1.807) is 0 Å². The molecule has 2 aromatic carbocycles. The Hall–Kier alpha value is -0.600. The second-order valence-corrected chi connectivity index (χ2v) is 8.19. The van der Waals surface area contributed by atoms with E-state index < -0.39 is 0 Å². The zero-order chi connectivity index (χ0) is 14.8. The molecule has 0 fully saturated rings. The number of alkyl halides is 1. The molecule has 0 nitrogen and oxygen atoms in total. The highest BCUT2D eigenvalue weighted by molar-refractivity contribution is 9.10. The minimum Gasteiger partial charge on any atom is -0.0835 e. The number of rotatable bonds is 3. The van der Waals surface area contributed by atoms with Gasteiger partial charge in [-0.05, 0) is 40.7 Å². The van der Waals surface area contributed by atoms with Gasteiger partial charge >= 0.3 is 0 Å². The van der Waals surface area contributed by atoms with Crippen LogP contribution in [0.5, 0.6) is 0 Å². The standard InChI is InChI=1S/C18H20Br2/c1-18(2,3)15-8-6-14(7-9-15)17(20)12-13-4-10-16(19)11-5-13/h4-11,17H,12H2,1-3H3. The molecule has 1 atom stereocenters. The minimum atomic E-state index is 0.214. The van der Waals surface area contributed by atoms with E-state index in [0.29, 0.717) is 4.83 Å². The van der Waals surface area contributed by atoms with Crippen LogP contribution in [0.1, 0.15) is 42.3 Å². The fourth-order valence-corrected chi connectivity index (χ4v) is 3.08. The van der Waals surface area contributed by atoms with Gasteiger partial charge in [0.15, 0.2) is 0 Å². The van der Waals surface area contributed by atoms with Crippen LogP contribution >= 0.6 is 31.9 Å². The van der Waals surface area contributed by atoms with Gasteiger partial charge in [-0.15, -0.1) is 0 Å². The predicted molar refractivity (Wildman–Crippen MR) is 94.7 cm³/mol. The van der Waals surface area contributed by atoms with Crippen LogP contribution in [0.2, 0.25) is 0 Å². The summed E-state index contributed by atoms with van der Waals surface area (Å²) in [4.78, 5) is 0.359. The third-order valence-electron chi connectivity index (χ3n) is 3.47.